The molecule has 0 amide bonds. The molecular formula is C13H22IN3. The zero-order valence-electron chi connectivity index (χ0n) is 10.6. The topological polar surface area (TPSA) is 43.8 Å². The SMILES string of the molecule is Cc1nn(CC2CCCCCCC2)c(N)c1I. The van der Waals surface area contributed by atoms with Gasteiger partial charge in [0, 0.05) is 6.54 Å². The van der Waals surface area contributed by atoms with Gasteiger partial charge in [-0.3, -0.25) is 0 Å². The van der Waals surface area contributed by atoms with Crippen LogP contribution < -0.4 is 5.73 Å². The van der Waals surface area contributed by atoms with Crippen molar-refractivity contribution in [3.63, 3.8) is 0 Å². The molecule has 0 saturated heterocycles. The van der Waals surface area contributed by atoms with Gasteiger partial charge >= 0.3 is 0 Å². The van der Waals surface area contributed by atoms with Crippen molar-refractivity contribution in [2.24, 2.45) is 5.92 Å². The molecule has 1 saturated carbocycles. The van der Waals surface area contributed by atoms with Gasteiger partial charge in [0.1, 0.15) is 5.82 Å². The average Bonchev–Trinajstić information content (AvgIpc) is 2.50. The van der Waals surface area contributed by atoms with Crippen LogP contribution in [-0.2, 0) is 6.54 Å². The molecule has 17 heavy (non-hydrogen) atoms. The van der Waals surface area contributed by atoms with Gasteiger partial charge in [-0.2, -0.15) is 5.10 Å². The number of hydrogen-bond acceptors (Lipinski definition) is 2. The molecule has 2 N–H and O–H groups in total. The standard InChI is InChI=1S/C13H22IN3/c1-10-12(14)13(15)17(16-10)9-11-7-5-3-2-4-6-8-11/h11H,2-9,15H2,1H3. The van der Waals surface area contributed by atoms with Crippen LogP contribution in [0.4, 0.5) is 5.82 Å². The lowest BCUT2D eigenvalue weighted by Gasteiger charge is -2.20. The van der Waals surface area contributed by atoms with Crippen molar-refractivity contribution in [2.45, 2.75) is 58.4 Å². The summed E-state index contributed by atoms with van der Waals surface area (Å²) in [5.74, 6) is 1.62. The van der Waals surface area contributed by atoms with E-state index in [1.54, 1.807) is 0 Å². The van der Waals surface area contributed by atoms with E-state index >= 15 is 0 Å². The number of nitrogens with two attached hydrogens (primary N) is 1. The Morgan fingerprint density at radius 3 is 2.35 bits per heavy atom. The molecule has 1 aromatic rings. The number of aryl methyl sites for hydroxylation is 1. The number of hydrogen-bond donors (Lipinski definition) is 1. The molecule has 0 radical (unpaired) electrons. The maximum atomic E-state index is 6.08. The van der Waals surface area contributed by atoms with Crippen molar-refractivity contribution >= 4 is 28.4 Å². The second-order valence-electron chi connectivity index (χ2n) is 5.18. The first kappa shape index (κ1) is 13.2. The summed E-state index contributed by atoms with van der Waals surface area (Å²) in [5, 5.41) is 4.54. The fourth-order valence-corrected chi connectivity index (χ4v) is 3.07. The summed E-state index contributed by atoms with van der Waals surface area (Å²) >= 11 is 2.29. The molecule has 1 heterocycles. The maximum Gasteiger partial charge on any atom is 0.135 e. The zero-order chi connectivity index (χ0) is 12.3. The third kappa shape index (κ3) is 3.36. The Bertz CT molecular complexity index is 365. The molecule has 1 aromatic heterocycles. The monoisotopic (exact) mass is 347 g/mol. The summed E-state index contributed by atoms with van der Waals surface area (Å²) in [6, 6.07) is 0. The fraction of sp³-hybridized carbons (Fsp3) is 0.769. The van der Waals surface area contributed by atoms with Crippen LogP contribution >= 0.6 is 22.6 Å². The van der Waals surface area contributed by atoms with Crippen LogP contribution in [0.15, 0.2) is 0 Å². The summed E-state index contributed by atoms with van der Waals surface area (Å²) in [7, 11) is 0. The van der Waals surface area contributed by atoms with Crippen LogP contribution in [0, 0.1) is 16.4 Å². The molecule has 0 aromatic carbocycles. The van der Waals surface area contributed by atoms with Crippen molar-refractivity contribution in [3.8, 4) is 0 Å². The smallest absolute Gasteiger partial charge is 0.135 e. The minimum Gasteiger partial charge on any atom is -0.383 e. The number of nitrogens with zero attached hydrogens (tertiary/aromatic N) is 2. The fourth-order valence-electron chi connectivity index (χ4n) is 2.68. The van der Waals surface area contributed by atoms with E-state index in [0.717, 1.165) is 27.5 Å². The van der Waals surface area contributed by atoms with Gasteiger partial charge < -0.3 is 5.73 Å². The first-order chi connectivity index (χ1) is 8.18. The van der Waals surface area contributed by atoms with E-state index < -0.39 is 0 Å². The van der Waals surface area contributed by atoms with Crippen molar-refractivity contribution in [3.05, 3.63) is 9.26 Å². The molecule has 96 valence electrons. The van der Waals surface area contributed by atoms with Gasteiger partial charge in [-0.1, -0.05) is 32.1 Å². The van der Waals surface area contributed by atoms with E-state index in [0.29, 0.717) is 0 Å². The Kier molecular flexibility index (Phi) is 4.70. The predicted octanol–water partition coefficient (Wildman–Crippen LogP) is 3.74. The Morgan fingerprint density at radius 1 is 1.24 bits per heavy atom. The van der Waals surface area contributed by atoms with E-state index in [1.165, 1.54) is 44.9 Å². The minimum absolute atomic E-state index is 0.771. The normalized spacial score (nSPS) is 18.9. The zero-order valence-corrected chi connectivity index (χ0v) is 12.7. The Balaban J connectivity index is 2.00. The van der Waals surface area contributed by atoms with Crippen LogP contribution in [0.5, 0.6) is 0 Å². The first-order valence-corrected chi connectivity index (χ1v) is 7.74. The molecule has 1 fully saturated rings. The third-order valence-electron chi connectivity index (χ3n) is 3.75. The van der Waals surface area contributed by atoms with Gasteiger partial charge in [-0.15, -0.1) is 0 Å². The number of aromatic nitrogens is 2. The molecule has 2 rings (SSSR count). The van der Waals surface area contributed by atoms with Gasteiger partial charge in [0.25, 0.3) is 0 Å². The lowest BCUT2D eigenvalue weighted by Crippen LogP contribution is -2.15. The highest BCUT2D eigenvalue weighted by Crippen LogP contribution is 2.26. The Hall–Kier alpha value is -0.260. The largest absolute Gasteiger partial charge is 0.383 e. The van der Waals surface area contributed by atoms with Crippen molar-refractivity contribution in [2.75, 3.05) is 5.73 Å². The van der Waals surface area contributed by atoms with Crippen molar-refractivity contribution in [1.29, 1.82) is 0 Å². The van der Waals surface area contributed by atoms with Crippen molar-refractivity contribution in [1.82, 2.24) is 9.78 Å². The van der Waals surface area contributed by atoms with E-state index in [2.05, 4.69) is 27.7 Å². The Labute approximate surface area is 117 Å². The lowest BCUT2D eigenvalue weighted by atomic mass is 9.91. The highest BCUT2D eigenvalue weighted by Gasteiger charge is 2.16. The van der Waals surface area contributed by atoms with Gasteiger partial charge in [0.2, 0.25) is 0 Å². The third-order valence-corrected chi connectivity index (χ3v) is 5.08. The van der Waals surface area contributed by atoms with Gasteiger partial charge in [0.15, 0.2) is 0 Å². The highest BCUT2D eigenvalue weighted by atomic mass is 127. The minimum atomic E-state index is 0.771. The maximum absolute atomic E-state index is 6.08. The van der Waals surface area contributed by atoms with Gasteiger partial charge in [0.05, 0.1) is 9.26 Å². The van der Waals surface area contributed by atoms with E-state index in [1.807, 2.05) is 11.6 Å². The molecule has 0 spiro atoms. The predicted molar refractivity (Wildman–Crippen MR) is 79.9 cm³/mol. The average molecular weight is 347 g/mol. The second kappa shape index (κ2) is 6.07. The molecule has 0 unspecified atom stereocenters. The van der Waals surface area contributed by atoms with Crippen LogP contribution in [0.1, 0.15) is 50.6 Å². The van der Waals surface area contributed by atoms with E-state index in [-0.39, 0.29) is 0 Å². The molecule has 3 nitrogen and oxygen atoms in total. The number of rotatable bonds is 2. The van der Waals surface area contributed by atoms with Crippen LogP contribution in [-0.4, -0.2) is 9.78 Å². The number of anilines is 1. The summed E-state index contributed by atoms with van der Waals surface area (Å²) in [4.78, 5) is 0. The summed E-state index contributed by atoms with van der Waals surface area (Å²) in [6.07, 6.45) is 9.67. The van der Waals surface area contributed by atoms with Crippen molar-refractivity contribution < 1.29 is 0 Å². The van der Waals surface area contributed by atoms with Crippen LogP contribution in [0.2, 0.25) is 0 Å². The molecule has 1 aliphatic carbocycles. The summed E-state index contributed by atoms with van der Waals surface area (Å²) < 4.78 is 3.14. The number of nitrogen functional groups attached to an aromatic ring is 1. The summed E-state index contributed by atoms with van der Waals surface area (Å²) in [5.41, 5.74) is 7.15. The van der Waals surface area contributed by atoms with Gasteiger partial charge in [-0.05, 0) is 48.3 Å². The highest BCUT2D eigenvalue weighted by molar-refractivity contribution is 14.1. The van der Waals surface area contributed by atoms with Crippen LogP contribution in [0.3, 0.4) is 0 Å². The number of halogens is 1. The van der Waals surface area contributed by atoms with Gasteiger partial charge in [-0.25, -0.2) is 4.68 Å². The quantitative estimate of drug-likeness (QED) is 0.829. The summed E-state index contributed by atoms with van der Waals surface area (Å²) in [6.45, 7) is 3.04. The van der Waals surface area contributed by atoms with E-state index in [4.69, 9.17) is 5.73 Å². The molecule has 0 aliphatic heterocycles. The van der Waals surface area contributed by atoms with Crippen LogP contribution in [0.25, 0.3) is 0 Å². The Morgan fingerprint density at radius 2 is 1.82 bits per heavy atom. The molecule has 1 aliphatic rings. The molecule has 0 atom stereocenters. The molecule has 0 bridgehead atoms. The first-order valence-electron chi connectivity index (χ1n) is 6.67. The molecule has 4 heteroatoms. The second-order valence-corrected chi connectivity index (χ2v) is 6.26. The lowest BCUT2D eigenvalue weighted by molar-refractivity contribution is 0.328. The van der Waals surface area contributed by atoms with E-state index in [9.17, 15) is 0 Å². The molecular weight excluding hydrogens is 325 g/mol.